The summed E-state index contributed by atoms with van der Waals surface area (Å²) in [5.41, 5.74) is 2.31. The van der Waals surface area contributed by atoms with Crippen molar-refractivity contribution in [2.24, 2.45) is 5.92 Å². The van der Waals surface area contributed by atoms with Crippen LogP contribution in [-0.4, -0.2) is 28.4 Å². The molecule has 6 heteroatoms. The topological polar surface area (TPSA) is 96.7 Å². The molecular weight excluding hydrogens is 310 g/mol. The van der Waals surface area contributed by atoms with Gasteiger partial charge >= 0.3 is 5.88 Å². The van der Waals surface area contributed by atoms with E-state index in [1.54, 1.807) is 30.3 Å². The van der Waals surface area contributed by atoms with Crippen molar-refractivity contribution in [2.45, 2.75) is 6.42 Å². The van der Waals surface area contributed by atoms with Gasteiger partial charge in [0.05, 0.1) is 0 Å². The first-order valence-corrected chi connectivity index (χ1v) is 7.61. The van der Waals surface area contributed by atoms with Gasteiger partial charge in [0, 0.05) is 24.5 Å². The molecular formula is C18H17NO5. The van der Waals surface area contributed by atoms with Crippen LogP contribution in [0.5, 0.6) is 0 Å². The molecule has 0 aliphatic heterocycles. The van der Waals surface area contributed by atoms with Gasteiger partial charge in [-0.2, -0.15) is 0 Å². The number of hydrogen-bond acceptors (Lipinski definition) is 5. The fourth-order valence-corrected chi connectivity index (χ4v) is 2.84. The highest BCUT2D eigenvalue weighted by Gasteiger charge is 2.26. The summed E-state index contributed by atoms with van der Waals surface area (Å²) < 4.78 is 5.57. The van der Waals surface area contributed by atoms with Crippen molar-refractivity contribution in [1.82, 2.24) is 0 Å². The summed E-state index contributed by atoms with van der Waals surface area (Å²) >= 11 is 0. The number of furan rings is 1. The van der Waals surface area contributed by atoms with Gasteiger partial charge in [-0.3, -0.25) is 10.1 Å². The van der Waals surface area contributed by atoms with E-state index in [2.05, 4.69) is 0 Å². The number of rotatable bonds is 6. The van der Waals surface area contributed by atoms with Gasteiger partial charge in [0.25, 0.3) is 0 Å². The standard InChI is InChI=1S/C18H17NO5/c20-10-12(11-21)9-14-7-4-8-15-16(13-5-2-1-3-6-13)18(19(22)23)24-17(14)15/h1-8,12,20-21H,9-11H2. The van der Waals surface area contributed by atoms with E-state index in [0.29, 0.717) is 28.5 Å². The quantitative estimate of drug-likeness (QED) is 0.535. The molecule has 0 aliphatic carbocycles. The summed E-state index contributed by atoms with van der Waals surface area (Å²) in [5, 5.41) is 30.7. The number of nitro groups is 1. The molecule has 2 aromatic carbocycles. The van der Waals surface area contributed by atoms with Crippen molar-refractivity contribution in [3.63, 3.8) is 0 Å². The predicted octanol–water partition coefficient (Wildman–Crippen LogP) is 3.15. The van der Waals surface area contributed by atoms with Gasteiger partial charge in [0.1, 0.15) is 16.1 Å². The minimum Gasteiger partial charge on any atom is -0.400 e. The van der Waals surface area contributed by atoms with E-state index in [0.717, 1.165) is 5.56 Å². The van der Waals surface area contributed by atoms with Gasteiger partial charge in [-0.1, -0.05) is 48.5 Å². The molecule has 0 radical (unpaired) electrons. The first-order chi connectivity index (χ1) is 11.7. The van der Waals surface area contributed by atoms with E-state index in [1.807, 2.05) is 18.2 Å². The van der Waals surface area contributed by atoms with Crippen LogP contribution in [0.2, 0.25) is 0 Å². The smallest absolute Gasteiger partial charge is 0.400 e. The second-order valence-corrected chi connectivity index (χ2v) is 5.63. The third kappa shape index (κ3) is 2.89. The summed E-state index contributed by atoms with van der Waals surface area (Å²) in [6.45, 7) is -0.331. The maximum Gasteiger partial charge on any atom is 0.442 e. The Balaban J connectivity index is 2.21. The minimum atomic E-state index is -0.526. The van der Waals surface area contributed by atoms with E-state index in [9.17, 15) is 20.3 Å². The molecule has 1 aromatic heterocycles. The lowest BCUT2D eigenvalue weighted by Gasteiger charge is -2.10. The molecule has 0 unspecified atom stereocenters. The van der Waals surface area contributed by atoms with Crippen LogP contribution < -0.4 is 0 Å². The molecule has 6 nitrogen and oxygen atoms in total. The van der Waals surface area contributed by atoms with Gasteiger partial charge in [-0.05, 0) is 17.5 Å². The first-order valence-electron chi connectivity index (χ1n) is 7.61. The lowest BCUT2D eigenvalue weighted by Crippen LogP contribution is -2.14. The SMILES string of the molecule is O=[N+]([O-])c1oc2c(CC(CO)CO)cccc2c1-c1ccccc1. The Labute approximate surface area is 138 Å². The zero-order valence-electron chi connectivity index (χ0n) is 12.9. The van der Waals surface area contributed by atoms with Crippen LogP contribution in [0.4, 0.5) is 5.88 Å². The molecule has 1 heterocycles. The Morgan fingerprint density at radius 1 is 1.04 bits per heavy atom. The first kappa shape index (κ1) is 16.2. The van der Waals surface area contributed by atoms with Crippen LogP contribution in [0, 0.1) is 16.0 Å². The number of hydrogen-bond donors (Lipinski definition) is 2. The Bertz CT molecular complexity index is 852. The molecule has 0 bridgehead atoms. The molecule has 0 aliphatic rings. The monoisotopic (exact) mass is 327 g/mol. The molecule has 3 aromatic rings. The van der Waals surface area contributed by atoms with E-state index >= 15 is 0 Å². The zero-order valence-corrected chi connectivity index (χ0v) is 12.9. The van der Waals surface area contributed by atoms with Crippen molar-refractivity contribution >= 4 is 16.9 Å². The van der Waals surface area contributed by atoms with Gasteiger partial charge in [0.2, 0.25) is 0 Å². The van der Waals surface area contributed by atoms with Gasteiger partial charge in [-0.15, -0.1) is 0 Å². The largest absolute Gasteiger partial charge is 0.442 e. The molecule has 124 valence electrons. The maximum absolute atomic E-state index is 11.4. The summed E-state index contributed by atoms with van der Waals surface area (Å²) in [6.07, 6.45) is 0.378. The number of benzene rings is 2. The Morgan fingerprint density at radius 2 is 1.75 bits per heavy atom. The van der Waals surface area contributed by atoms with E-state index in [1.165, 1.54) is 0 Å². The lowest BCUT2D eigenvalue weighted by molar-refractivity contribution is -0.400. The van der Waals surface area contributed by atoms with Gasteiger partial charge in [0.15, 0.2) is 0 Å². The van der Waals surface area contributed by atoms with E-state index in [-0.39, 0.29) is 25.0 Å². The molecule has 0 saturated heterocycles. The minimum absolute atomic E-state index is 0.165. The van der Waals surface area contributed by atoms with Crippen LogP contribution in [0.1, 0.15) is 5.56 Å². The lowest BCUT2D eigenvalue weighted by atomic mass is 9.97. The van der Waals surface area contributed by atoms with Crippen LogP contribution in [0.15, 0.2) is 52.9 Å². The van der Waals surface area contributed by atoms with Crippen LogP contribution >= 0.6 is 0 Å². The number of aliphatic hydroxyl groups is 2. The van der Waals surface area contributed by atoms with Crippen molar-refractivity contribution in [2.75, 3.05) is 13.2 Å². The fourth-order valence-electron chi connectivity index (χ4n) is 2.84. The fraction of sp³-hybridized carbons (Fsp3) is 0.222. The molecule has 3 rings (SSSR count). The molecule has 24 heavy (non-hydrogen) atoms. The molecule has 0 amide bonds. The Morgan fingerprint density at radius 3 is 2.38 bits per heavy atom. The molecule has 0 spiro atoms. The Kier molecular flexibility index (Phi) is 4.59. The highest BCUT2D eigenvalue weighted by molar-refractivity contribution is 5.99. The molecule has 2 N–H and O–H groups in total. The van der Waals surface area contributed by atoms with Crippen LogP contribution in [-0.2, 0) is 6.42 Å². The summed E-state index contributed by atoms with van der Waals surface area (Å²) in [6, 6.07) is 14.4. The van der Waals surface area contributed by atoms with Crippen molar-refractivity contribution in [3.05, 3.63) is 64.2 Å². The average molecular weight is 327 g/mol. The molecule has 0 saturated carbocycles. The van der Waals surface area contributed by atoms with Crippen LogP contribution in [0.25, 0.3) is 22.1 Å². The van der Waals surface area contributed by atoms with Gasteiger partial charge in [-0.25, -0.2) is 0 Å². The number of nitrogens with zero attached hydrogens (tertiary/aromatic N) is 1. The number of aliphatic hydroxyl groups excluding tert-OH is 2. The van der Waals surface area contributed by atoms with Crippen molar-refractivity contribution in [1.29, 1.82) is 0 Å². The van der Waals surface area contributed by atoms with Crippen molar-refractivity contribution in [3.8, 4) is 11.1 Å². The molecule has 0 atom stereocenters. The second-order valence-electron chi connectivity index (χ2n) is 5.63. The molecule has 0 fully saturated rings. The summed E-state index contributed by atoms with van der Waals surface area (Å²) in [7, 11) is 0. The van der Waals surface area contributed by atoms with E-state index in [4.69, 9.17) is 4.42 Å². The number of fused-ring (bicyclic) bond motifs is 1. The highest BCUT2D eigenvalue weighted by atomic mass is 16.6. The Hall–Kier alpha value is -2.70. The maximum atomic E-state index is 11.4. The normalized spacial score (nSPS) is 11.3. The number of para-hydroxylation sites is 1. The third-order valence-electron chi connectivity index (χ3n) is 4.03. The highest BCUT2D eigenvalue weighted by Crippen LogP contribution is 2.41. The van der Waals surface area contributed by atoms with Gasteiger partial charge < -0.3 is 14.6 Å². The van der Waals surface area contributed by atoms with Crippen LogP contribution in [0.3, 0.4) is 0 Å². The second kappa shape index (κ2) is 6.82. The zero-order chi connectivity index (χ0) is 17.1. The van der Waals surface area contributed by atoms with E-state index < -0.39 is 4.92 Å². The third-order valence-corrected chi connectivity index (χ3v) is 4.03. The summed E-state index contributed by atoms with van der Waals surface area (Å²) in [4.78, 5) is 10.9. The predicted molar refractivity (Wildman–Crippen MR) is 89.7 cm³/mol. The van der Waals surface area contributed by atoms with Crippen molar-refractivity contribution < 1.29 is 19.6 Å². The average Bonchev–Trinajstić information content (AvgIpc) is 3.01. The summed E-state index contributed by atoms with van der Waals surface area (Å²) in [5.74, 6) is -0.631.